The molecule has 5 rings (SSSR count). The SMILES string of the molecule is COc1ccc(-c2cc(CN(C)CCc3ccccc3)c(-c3ccc(C(=O)O)cc3)s2)cc1OC1CCCC1. The molecule has 1 aliphatic carbocycles. The Balaban J connectivity index is 1.44. The smallest absolute Gasteiger partial charge is 0.335 e. The number of thiophene rings is 1. The van der Waals surface area contributed by atoms with Crippen LogP contribution in [0.2, 0.25) is 0 Å². The number of benzene rings is 3. The summed E-state index contributed by atoms with van der Waals surface area (Å²) in [5, 5.41) is 9.37. The van der Waals surface area contributed by atoms with Gasteiger partial charge in [-0.15, -0.1) is 11.3 Å². The van der Waals surface area contributed by atoms with Gasteiger partial charge in [-0.2, -0.15) is 0 Å². The average Bonchev–Trinajstić information content (AvgIpc) is 3.63. The monoisotopic (exact) mass is 541 g/mol. The van der Waals surface area contributed by atoms with Gasteiger partial charge in [0.1, 0.15) is 0 Å². The van der Waals surface area contributed by atoms with Crippen molar-refractivity contribution >= 4 is 17.3 Å². The van der Waals surface area contributed by atoms with Gasteiger partial charge in [0, 0.05) is 22.8 Å². The fourth-order valence-electron chi connectivity index (χ4n) is 5.14. The van der Waals surface area contributed by atoms with E-state index < -0.39 is 5.97 Å². The Kier molecular flexibility index (Phi) is 8.64. The van der Waals surface area contributed by atoms with E-state index in [1.807, 2.05) is 24.3 Å². The molecular weight excluding hydrogens is 506 g/mol. The zero-order chi connectivity index (χ0) is 27.2. The van der Waals surface area contributed by atoms with Crippen molar-refractivity contribution in [2.45, 2.75) is 44.8 Å². The number of nitrogens with zero attached hydrogens (tertiary/aromatic N) is 1. The topological polar surface area (TPSA) is 59.0 Å². The molecule has 0 aliphatic heterocycles. The van der Waals surface area contributed by atoms with Crippen LogP contribution in [0.5, 0.6) is 11.5 Å². The lowest BCUT2D eigenvalue weighted by molar-refractivity contribution is 0.0697. The van der Waals surface area contributed by atoms with E-state index in [4.69, 9.17) is 9.47 Å². The molecule has 202 valence electrons. The molecule has 0 bridgehead atoms. The van der Waals surface area contributed by atoms with Crippen molar-refractivity contribution in [2.75, 3.05) is 20.7 Å². The van der Waals surface area contributed by atoms with Crippen molar-refractivity contribution in [3.8, 4) is 32.4 Å². The van der Waals surface area contributed by atoms with Gasteiger partial charge >= 0.3 is 5.97 Å². The van der Waals surface area contributed by atoms with E-state index in [1.165, 1.54) is 24.0 Å². The molecule has 0 spiro atoms. The summed E-state index contributed by atoms with van der Waals surface area (Å²) in [7, 11) is 3.84. The zero-order valence-electron chi connectivity index (χ0n) is 22.6. The Hall–Kier alpha value is -3.61. The summed E-state index contributed by atoms with van der Waals surface area (Å²) in [4.78, 5) is 16.1. The van der Waals surface area contributed by atoms with Crippen molar-refractivity contribution in [3.63, 3.8) is 0 Å². The molecule has 0 radical (unpaired) electrons. The summed E-state index contributed by atoms with van der Waals surface area (Å²) in [6, 6.07) is 26.2. The second-order valence-corrected chi connectivity index (χ2v) is 11.3. The number of likely N-dealkylation sites (N-methyl/N-ethyl adjacent to an activating group) is 1. The Bertz CT molecular complexity index is 1390. The van der Waals surface area contributed by atoms with Crippen LogP contribution in [0.4, 0.5) is 0 Å². The van der Waals surface area contributed by atoms with E-state index in [-0.39, 0.29) is 6.10 Å². The van der Waals surface area contributed by atoms with Crippen molar-refractivity contribution < 1.29 is 19.4 Å². The third-order valence-electron chi connectivity index (χ3n) is 7.31. The molecule has 1 fully saturated rings. The summed E-state index contributed by atoms with van der Waals surface area (Å²) < 4.78 is 12.0. The van der Waals surface area contributed by atoms with Crippen LogP contribution in [0.15, 0.2) is 78.9 Å². The number of hydrogen-bond acceptors (Lipinski definition) is 5. The number of rotatable bonds is 11. The summed E-state index contributed by atoms with van der Waals surface area (Å²) in [5.41, 5.74) is 4.96. The van der Waals surface area contributed by atoms with E-state index >= 15 is 0 Å². The number of ether oxygens (including phenoxy) is 2. The maximum atomic E-state index is 11.4. The Morgan fingerprint density at radius 1 is 0.949 bits per heavy atom. The summed E-state index contributed by atoms with van der Waals surface area (Å²) >= 11 is 1.73. The lowest BCUT2D eigenvalue weighted by Crippen LogP contribution is -2.20. The molecule has 0 atom stereocenters. The van der Waals surface area contributed by atoms with Crippen molar-refractivity contribution in [3.05, 3.63) is 95.6 Å². The van der Waals surface area contributed by atoms with E-state index in [1.54, 1.807) is 30.6 Å². The molecule has 6 heteroatoms. The Morgan fingerprint density at radius 3 is 2.36 bits per heavy atom. The van der Waals surface area contributed by atoms with Crippen molar-refractivity contribution in [2.24, 2.45) is 0 Å². The molecule has 4 aromatic rings. The molecule has 3 aromatic carbocycles. The number of aromatic carboxylic acids is 1. The highest BCUT2D eigenvalue weighted by molar-refractivity contribution is 7.19. The molecule has 0 saturated heterocycles. The van der Waals surface area contributed by atoms with Crippen LogP contribution in [-0.4, -0.2) is 42.8 Å². The zero-order valence-corrected chi connectivity index (χ0v) is 23.4. The Morgan fingerprint density at radius 2 is 1.67 bits per heavy atom. The van der Waals surface area contributed by atoms with Crippen LogP contribution >= 0.6 is 11.3 Å². The number of carboxylic acids is 1. The van der Waals surface area contributed by atoms with Gasteiger partial charge in [-0.25, -0.2) is 4.79 Å². The quantitative estimate of drug-likeness (QED) is 0.210. The van der Waals surface area contributed by atoms with E-state index in [0.29, 0.717) is 5.56 Å². The van der Waals surface area contributed by atoms with Crippen LogP contribution in [0.25, 0.3) is 20.9 Å². The third kappa shape index (κ3) is 6.70. The molecule has 1 N–H and O–H groups in total. The highest BCUT2D eigenvalue weighted by Crippen LogP contribution is 2.42. The fourth-order valence-corrected chi connectivity index (χ4v) is 6.31. The second-order valence-electron chi connectivity index (χ2n) is 10.2. The standard InChI is InChI=1S/C33H35NO4S/c1-34(19-18-23-8-4-3-5-9-23)22-27-21-31(39-32(27)24-12-14-25(15-13-24)33(35)36)26-16-17-29(37-2)30(20-26)38-28-10-6-7-11-28/h3-5,8-9,12-17,20-21,28H,6-7,10-11,18-19,22H2,1-2H3,(H,35,36). The van der Waals surface area contributed by atoms with Gasteiger partial charge in [-0.05, 0) is 97.8 Å². The van der Waals surface area contributed by atoms with Crippen molar-refractivity contribution in [1.29, 1.82) is 0 Å². The van der Waals surface area contributed by atoms with Gasteiger partial charge in [0.15, 0.2) is 11.5 Å². The minimum atomic E-state index is -0.915. The highest BCUT2D eigenvalue weighted by Gasteiger charge is 2.20. The molecule has 1 saturated carbocycles. The van der Waals surface area contributed by atoms with E-state index in [9.17, 15) is 9.90 Å². The largest absolute Gasteiger partial charge is 0.493 e. The van der Waals surface area contributed by atoms with E-state index in [0.717, 1.165) is 64.7 Å². The lowest BCUT2D eigenvalue weighted by Gasteiger charge is -2.17. The normalized spacial score (nSPS) is 13.6. The molecule has 1 aromatic heterocycles. The van der Waals surface area contributed by atoms with Crippen LogP contribution in [-0.2, 0) is 13.0 Å². The van der Waals surface area contributed by atoms with Gasteiger partial charge < -0.3 is 19.5 Å². The summed E-state index contributed by atoms with van der Waals surface area (Å²) in [5.74, 6) is 0.638. The molecule has 1 heterocycles. The first-order valence-corrected chi connectivity index (χ1v) is 14.4. The maximum absolute atomic E-state index is 11.4. The predicted molar refractivity (Wildman–Crippen MR) is 158 cm³/mol. The molecular formula is C33H35NO4S. The van der Waals surface area contributed by atoms with Crippen molar-refractivity contribution in [1.82, 2.24) is 4.90 Å². The fraction of sp³-hybridized carbons (Fsp3) is 0.303. The van der Waals surface area contributed by atoms with Gasteiger partial charge in [0.25, 0.3) is 0 Å². The second kappa shape index (κ2) is 12.5. The minimum absolute atomic E-state index is 0.245. The predicted octanol–water partition coefficient (Wildman–Crippen LogP) is 7.78. The summed E-state index contributed by atoms with van der Waals surface area (Å²) in [6.45, 7) is 1.73. The number of methoxy groups -OCH3 is 1. The summed E-state index contributed by atoms with van der Waals surface area (Å²) in [6.07, 6.45) is 5.82. The molecule has 5 nitrogen and oxygen atoms in total. The molecule has 39 heavy (non-hydrogen) atoms. The van der Waals surface area contributed by atoms with Gasteiger partial charge in [0.2, 0.25) is 0 Å². The first-order chi connectivity index (χ1) is 19.0. The van der Waals surface area contributed by atoms with Gasteiger partial charge in [0.05, 0.1) is 18.8 Å². The van der Waals surface area contributed by atoms with Crippen LogP contribution < -0.4 is 9.47 Å². The number of carboxylic acid groups (broad SMARTS) is 1. The Labute approximate surface area is 234 Å². The van der Waals surface area contributed by atoms with Crippen LogP contribution in [0.3, 0.4) is 0 Å². The maximum Gasteiger partial charge on any atom is 0.335 e. The van der Waals surface area contributed by atoms with Gasteiger partial charge in [-0.1, -0.05) is 42.5 Å². The van der Waals surface area contributed by atoms with Crippen LogP contribution in [0, 0.1) is 0 Å². The molecule has 0 unspecified atom stereocenters. The minimum Gasteiger partial charge on any atom is -0.493 e. The van der Waals surface area contributed by atoms with E-state index in [2.05, 4.69) is 54.4 Å². The first-order valence-electron chi connectivity index (χ1n) is 13.5. The van der Waals surface area contributed by atoms with Crippen LogP contribution in [0.1, 0.15) is 47.2 Å². The molecule has 1 aliphatic rings. The highest BCUT2D eigenvalue weighted by atomic mass is 32.1. The third-order valence-corrected chi connectivity index (χ3v) is 8.59. The molecule has 0 amide bonds. The lowest BCUT2D eigenvalue weighted by atomic mass is 10.1. The number of hydrogen-bond donors (Lipinski definition) is 1. The average molecular weight is 542 g/mol. The van der Waals surface area contributed by atoms with Gasteiger partial charge in [-0.3, -0.25) is 0 Å². The first kappa shape index (κ1) is 27.0. The number of carbonyl (C=O) groups is 1.